The summed E-state index contributed by atoms with van der Waals surface area (Å²) >= 11 is 0. The molecule has 4 aromatic rings. The minimum atomic E-state index is 0.110. The lowest BCUT2D eigenvalue weighted by molar-refractivity contribution is 0.418. The van der Waals surface area contributed by atoms with E-state index in [2.05, 4.69) is 36.2 Å². The minimum absolute atomic E-state index is 0.110. The van der Waals surface area contributed by atoms with Crippen LogP contribution in [0.15, 0.2) is 77.0 Å². The van der Waals surface area contributed by atoms with Crippen LogP contribution in [0.4, 0.5) is 11.4 Å². The second-order valence-corrected chi connectivity index (χ2v) is 8.11. The van der Waals surface area contributed by atoms with Gasteiger partial charge in [-0.3, -0.25) is 0 Å². The maximum absolute atomic E-state index is 10.8. The zero-order chi connectivity index (χ0) is 22.5. The first-order valence-electron chi connectivity index (χ1n) is 11.2. The first kappa shape index (κ1) is 21.6. The van der Waals surface area contributed by atoms with Crippen molar-refractivity contribution in [3.8, 4) is 11.6 Å². The number of unbranched alkanes of at least 4 members (excludes halogenated alkanes) is 1. The van der Waals surface area contributed by atoms with Crippen LogP contribution in [-0.4, -0.2) is 14.8 Å². The van der Waals surface area contributed by atoms with Crippen LogP contribution in [-0.2, 0) is 19.4 Å². The van der Waals surface area contributed by atoms with Gasteiger partial charge in [0.15, 0.2) is 5.69 Å². The molecule has 0 aliphatic rings. The topological polar surface area (TPSA) is 70.1 Å². The van der Waals surface area contributed by atoms with Crippen molar-refractivity contribution in [3.05, 3.63) is 83.4 Å². The van der Waals surface area contributed by atoms with Crippen LogP contribution in [0.1, 0.15) is 36.5 Å². The molecule has 1 aromatic heterocycles. The van der Waals surface area contributed by atoms with Crippen molar-refractivity contribution in [1.29, 1.82) is 0 Å². The third-order valence-electron chi connectivity index (χ3n) is 5.93. The van der Waals surface area contributed by atoms with Crippen LogP contribution in [0.5, 0.6) is 11.6 Å². The average molecular weight is 428 g/mol. The molecule has 3 aromatic carbocycles. The molecule has 32 heavy (non-hydrogen) atoms. The van der Waals surface area contributed by atoms with Crippen molar-refractivity contribution < 1.29 is 10.2 Å². The van der Waals surface area contributed by atoms with E-state index in [1.54, 1.807) is 6.07 Å². The normalized spacial score (nSPS) is 11.6. The van der Waals surface area contributed by atoms with Crippen LogP contribution in [0.2, 0.25) is 0 Å². The summed E-state index contributed by atoms with van der Waals surface area (Å²) in [5, 5.41) is 31.1. The fraction of sp³-hybridized carbons (Fsp3) is 0.259. The SMILES string of the molecule is CCCCn1c(O)c(N=Nc2cccc(CCc3ccccc3C)c2O)c2ccccc21. The Hall–Kier alpha value is -3.60. The molecule has 0 atom stereocenters. The number of phenolic OH excluding ortho intramolecular Hbond substituents is 1. The van der Waals surface area contributed by atoms with E-state index in [9.17, 15) is 10.2 Å². The smallest absolute Gasteiger partial charge is 0.220 e. The van der Waals surface area contributed by atoms with E-state index in [1.807, 2.05) is 53.1 Å². The number of fused-ring (bicyclic) bond motifs is 1. The summed E-state index contributed by atoms with van der Waals surface area (Å²) in [6, 6.07) is 21.6. The number of aryl methyl sites for hydroxylation is 4. The van der Waals surface area contributed by atoms with Gasteiger partial charge in [-0.25, -0.2) is 0 Å². The molecular formula is C27H29N3O2. The molecule has 0 fully saturated rings. The first-order valence-corrected chi connectivity index (χ1v) is 11.2. The largest absolute Gasteiger partial charge is 0.505 e. The van der Waals surface area contributed by atoms with Crippen molar-refractivity contribution in [2.45, 2.75) is 46.1 Å². The molecule has 0 amide bonds. The Bertz CT molecular complexity index is 1260. The van der Waals surface area contributed by atoms with E-state index in [0.29, 0.717) is 17.8 Å². The molecule has 0 unspecified atom stereocenters. The Morgan fingerprint density at radius 1 is 0.812 bits per heavy atom. The molecule has 0 saturated heterocycles. The Labute approximate surface area is 188 Å². The molecular weight excluding hydrogens is 398 g/mol. The predicted octanol–water partition coefficient (Wildman–Crippen LogP) is 7.36. The number of nitrogens with zero attached hydrogens (tertiary/aromatic N) is 3. The molecule has 5 nitrogen and oxygen atoms in total. The highest BCUT2D eigenvalue weighted by molar-refractivity contribution is 5.95. The molecule has 0 radical (unpaired) electrons. The molecule has 0 aliphatic heterocycles. The van der Waals surface area contributed by atoms with Crippen molar-refractivity contribution in [1.82, 2.24) is 4.57 Å². The summed E-state index contributed by atoms with van der Waals surface area (Å²) in [4.78, 5) is 0. The van der Waals surface area contributed by atoms with Crippen LogP contribution in [0.25, 0.3) is 10.9 Å². The van der Waals surface area contributed by atoms with Gasteiger partial charge in [-0.1, -0.05) is 67.9 Å². The molecule has 2 N–H and O–H groups in total. The van der Waals surface area contributed by atoms with Crippen molar-refractivity contribution in [2.24, 2.45) is 10.2 Å². The highest BCUT2D eigenvalue weighted by atomic mass is 16.3. The Morgan fingerprint density at radius 2 is 1.53 bits per heavy atom. The minimum Gasteiger partial charge on any atom is -0.505 e. The number of azo groups is 1. The zero-order valence-electron chi connectivity index (χ0n) is 18.6. The third-order valence-corrected chi connectivity index (χ3v) is 5.93. The summed E-state index contributed by atoms with van der Waals surface area (Å²) in [7, 11) is 0. The van der Waals surface area contributed by atoms with Gasteiger partial charge in [-0.2, -0.15) is 0 Å². The van der Waals surface area contributed by atoms with Gasteiger partial charge in [0, 0.05) is 11.9 Å². The molecule has 0 saturated carbocycles. The lowest BCUT2D eigenvalue weighted by Crippen LogP contribution is -1.96. The third kappa shape index (κ3) is 4.37. The van der Waals surface area contributed by atoms with E-state index < -0.39 is 0 Å². The van der Waals surface area contributed by atoms with Gasteiger partial charge in [0.2, 0.25) is 5.88 Å². The maximum atomic E-state index is 10.8. The average Bonchev–Trinajstić information content (AvgIpc) is 3.07. The van der Waals surface area contributed by atoms with Crippen LogP contribution in [0, 0.1) is 6.92 Å². The first-order chi connectivity index (χ1) is 15.6. The number of rotatable bonds is 8. The number of hydrogen-bond acceptors (Lipinski definition) is 4. The van der Waals surface area contributed by atoms with Gasteiger partial charge in [0.05, 0.1) is 5.52 Å². The van der Waals surface area contributed by atoms with E-state index in [4.69, 9.17) is 0 Å². The van der Waals surface area contributed by atoms with E-state index in [1.165, 1.54) is 11.1 Å². The molecule has 0 aliphatic carbocycles. The van der Waals surface area contributed by atoms with Crippen molar-refractivity contribution >= 4 is 22.3 Å². The van der Waals surface area contributed by atoms with Gasteiger partial charge in [0.25, 0.3) is 0 Å². The van der Waals surface area contributed by atoms with Gasteiger partial charge in [0.1, 0.15) is 11.4 Å². The second kappa shape index (κ2) is 9.69. The zero-order valence-corrected chi connectivity index (χ0v) is 18.6. The fourth-order valence-electron chi connectivity index (χ4n) is 4.04. The quantitative estimate of drug-likeness (QED) is 0.288. The lowest BCUT2D eigenvalue weighted by atomic mass is 10.00. The summed E-state index contributed by atoms with van der Waals surface area (Å²) in [6.07, 6.45) is 3.55. The summed E-state index contributed by atoms with van der Waals surface area (Å²) in [5.41, 5.74) is 5.11. The number of phenols is 1. The van der Waals surface area contributed by atoms with Crippen molar-refractivity contribution in [2.75, 3.05) is 0 Å². The maximum Gasteiger partial charge on any atom is 0.220 e. The summed E-state index contributed by atoms with van der Waals surface area (Å²) in [5.74, 6) is 0.248. The highest BCUT2D eigenvalue weighted by Gasteiger charge is 2.16. The number of benzene rings is 3. The number of aromatic nitrogens is 1. The van der Waals surface area contributed by atoms with Gasteiger partial charge in [-0.15, -0.1) is 10.2 Å². The molecule has 164 valence electrons. The Kier molecular flexibility index (Phi) is 6.55. The van der Waals surface area contributed by atoms with Crippen LogP contribution < -0.4 is 0 Å². The predicted molar refractivity (Wildman–Crippen MR) is 129 cm³/mol. The fourth-order valence-corrected chi connectivity index (χ4v) is 4.04. The van der Waals surface area contributed by atoms with Gasteiger partial charge >= 0.3 is 0 Å². The molecule has 5 heteroatoms. The Morgan fingerprint density at radius 3 is 2.34 bits per heavy atom. The van der Waals surface area contributed by atoms with Gasteiger partial charge < -0.3 is 14.8 Å². The number of aromatic hydroxyl groups is 2. The summed E-state index contributed by atoms with van der Waals surface area (Å²) < 4.78 is 1.88. The molecule has 4 rings (SSSR count). The van der Waals surface area contributed by atoms with Gasteiger partial charge in [-0.05, 0) is 55.0 Å². The number of hydrogen-bond donors (Lipinski definition) is 2. The number of para-hydroxylation sites is 2. The molecule has 0 bridgehead atoms. The van der Waals surface area contributed by atoms with E-state index in [-0.39, 0.29) is 11.6 Å². The van der Waals surface area contributed by atoms with E-state index >= 15 is 0 Å². The summed E-state index contributed by atoms with van der Waals surface area (Å²) in [6.45, 7) is 4.94. The molecule has 0 spiro atoms. The van der Waals surface area contributed by atoms with E-state index in [0.717, 1.165) is 42.3 Å². The highest BCUT2D eigenvalue weighted by Crippen LogP contribution is 2.41. The van der Waals surface area contributed by atoms with Crippen molar-refractivity contribution in [3.63, 3.8) is 0 Å². The second-order valence-electron chi connectivity index (χ2n) is 8.11. The molecule has 1 heterocycles. The van der Waals surface area contributed by atoms with Crippen LogP contribution >= 0.6 is 0 Å². The standard InChI is InChI=1S/C27H29N3O2/c1-3-4-18-30-24-15-8-7-13-22(24)25(27(30)32)29-28-23-14-9-12-21(26(23)31)17-16-20-11-6-5-10-19(20)2/h5-15,31-32H,3-4,16-18H2,1-2H3. The monoisotopic (exact) mass is 427 g/mol. The lowest BCUT2D eigenvalue weighted by Gasteiger charge is -2.08. The Balaban J connectivity index is 1.62. The van der Waals surface area contributed by atoms with Crippen LogP contribution in [0.3, 0.4) is 0 Å².